The summed E-state index contributed by atoms with van der Waals surface area (Å²) in [6.45, 7) is 3.15. The lowest BCUT2D eigenvalue weighted by atomic mass is 10.1. The van der Waals surface area contributed by atoms with Crippen LogP contribution in [0.3, 0.4) is 0 Å². The molecule has 0 unspecified atom stereocenters. The molecule has 0 saturated carbocycles. The molecule has 0 fully saturated rings. The van der Waals surface area contributed by atoms with Crippen molar-refractivity contribution in [1.82, 2.24) is 10.2 Å². The highest BCUT2D eigenvalue weighted by Crippen LogP contribution is 2.26. The van der Waals surface area contributed by atoms with Gasteiger partial charge < -0.3 is 10.2 Å². The van der Waals surface area contributed by atoms with Crippen LogP contribution in [-0.2, 0) is 26.2 Å². The van der Waals surface area contributed by atoms with Crippen LogP contribution < -0.4 is 9.62 Å². The normalized spacial score (nSPS) is 12.0. The van der Waals surface area contributed by atoms with Crippen molar-refractivity contribution >= 4 is 59.4 Å². The van der Waals surface area contributed by atoms with Crippen molar-refractivity contribution in [3.8, 4) is 0 Å². The first kappa shape index (κ1) is 27.9. The maximum atomic E-state index is 13.7. The van der Waals surface area contributed by atoms with Crippen molar-refractivity contribution in [3.63, 3.8) is 0 Å². The van der Waals surface area contributed by atoms with E-state index in [1.165, 1.54) is 24.1 Å². The van der Waals surface area contributed by atoms with Gasteiger partial charge in [0.05, 0.1) is 10.6 Å². The van der Waals surface area contributed by atoms with Gasteiger partial charge in [-0.05, 0) is 67.9 Å². The smallest absolute Gasteiger partial charge is 0.264 e. The number of halogens is 2. The van der Waals surface area contributed by atoms with Crippen LogP contribution in [0.2, 0.25) is 0 Å². The number of nitrogens with one attached hydrogen (secondary N) is 1. The Kier molecular flexibility index (Phi) is 9.32. The summed E-state index contributed by atoms with van der Waals surface area (Å²) in [5.41, 5.74) is 2.06. The quantitative estimate of drug-likeness (QED) is 0.363. The summed E-state index contributed by atoms with van der Waals surface area (Å²) in [7, 11) is -2.58. The summed E-state index contributed by atoms with van der Waals surface area (Å²) in [6, 6.07) is 19.7. The topological polar surface area (TPSA) is 86.8 Å². The molecular formula is C26H27Br2N3O4S. The van der Waals surface area contributed by atoms with E-state index in [9.17, 15) is 18.0 Å². The predicted octanol–water partition coefficient (Wildman–Crippen LogP) is 4.88. The molecule has 0 spiro atoms. The molecule has 3 aromatic carbocycles. The number of amides is 2. The van der Waals surface area contributed by atoms with E-state index in [1.807, 2.05) is 31.2 Å². The first-order chi connectivity index (χ1) is 17.0. The summed E-state index contributed by atoms with van der Waals surface area (Å²) >= 11 is 6.76. The first-order valence-electron chi connectivity index (χ1n) is 11.1. The zero-order chi connectivity index (χ0) is 26.5. The molecule has 0 radical (unpaired) electrons. The fourth-order valence-electron chi connectivity index (χ4n) is 3.55. The molecule has 3 aromatic rings. The molecule has 7 nitrogen and oxygen atoms in total. The highest BCUT2D eigenvalue weighted by molar-refractivity contribution is 9.10. The third-order valence-electron chi connectivity index (χ3n) is 5.68. The van der Waals surface area contributed by atoms with E-state index in [-0.39, 0.29) is 17.3 Å². The Morgan fingerprint density at radius 3 is 1.94 bits per heavy atom. The maximum absolute atomic E-state index is 13.7. The van der Waals surface area contributed by atoms with Crippen LogP contribution in [0.15, 0.2) is 86.6 Å². The molecule has 0 aliphatic heterocycles. The Hall–Kier alpha value is -2.69. The van der Waals surface area contributed by atoms with Gasteiger partial charge >= 0.3 is 0 Å². The van der Waals surface area contributed by atoms with Gasteiger partial charge in [0.15, 0.2) is 0 Å². The summed E-state index contributed by atoms with van der Waals surface area (Å²) < 4.78 is 30.1. The fraction of sp³-hybridized carbons (Fsp3) is 0.231. The van der Waals surface area contributed by atoms with Gasteiger partial charge in [-0.3, -0.25) is 13.9 Å². The minimum absolute atomic E-state index is 0.0719. The van der Waals surface area contributed by atoms with Crippen LogP contribution in [0.4, 0.5) is 5.69 Å². The molecule has 0 aliphatic rings. The number of aryl methyl sites for hydroxylation is 1. The number of likely N-dealkylation sites (N-methyl/N-ethyl adjacent to an activating group) is 1. The number of hydrogen-bond acceptors (Lipinski definition) is 4. The second-order valence-electron chi connectivity index (χ2n) is 8.24. The standard InChI is InChI=1S/C26H27Br2N3O4S/c1-18-4-14-24(15-5-18)36(34,35)31(23-12-10-22(28)11-13-23)17-25(32)30(19(2)26(33)29-3)16-20-6-8-21(27)9-7-20/h4-15,19H,16-17H2,1-3H3,(H,29,33)/t19-/m0/s1. The maximum Gasteiger partial charge on any atom is 0.264 e. The third kappa shape index (κ3) is 6.74. The molecule has 1 atom stereocenters. The Balaban J connectivity index is 2.01. The summed E-state index contributed by atoms with van der Waals surface area (Å²) in [5, 5.41) is 2.57. The van der Waals surface area contributed by atoms with Crippen molar-refractivity contribution in [2.24, 2.45) is 0 Å². The number of carbonyl (C=O) groups excluding carboxylic acids is 2. The van der Waals surface area contributed by atoms with E-state index in [0.717, 1.165) is 24.4 Å². The molecule has 190 valence electrons. The average Bonchev–Trinajstić information content (AvgIpc) is 2.86. The molecule has 10 heteroatoms. The molecule has 0 bridgehead atoms. The van der Waals surface area contributed by atoms with E-state index in [1.54, 1.807) is 43.3 Å². The van der Waals surface area contributed by atoms with Gasteiger partial charge in [0, 0.05) is 22.5 Å². The highest BCUT2D eigenvalue weighted by atomic mass is 79.9. The van der Waals surface area contributed by atoms with Crippen molar-refractivity contribution in [2.45, 2.75) is 31.3 Å². The SMILES string of the molecule is CNC(=O)[C@H](C)N(Cc1ccc(Br)cc1)C(=O)CN(c1ccc(Br)cc1)S(=O)(=O)c1ccc(C)cc1. The molecule has 36 heavy (non-hydrogen) atoms. The van der Waals surface area contributed by atoms with Crippen LogP contribution in [-0.4, -0.2) is 44.8 Å². The largest absolute Gasteiger partial charge is 0.357 e. The number of sulfonamides is 1. The van der Waals surface area contributed by atoms with Crippen molar-refractivity contribution in [3.05, 3.63) is 92.9 Å². The minimum atomic E-state index is -4.08. The lowest BCUT2D eigenvalue weighted by Crippen LogP contribution is -2.50. The lowest BCUT2D eigenvalue weighted by molar-refractivity contribution is -0.139. The third-order valence-corrected chi connectivity index (χ3v) is 8.53. The molecule has 0 aromatic heterocycles. The van der Waals surface area contributed by atoms with E-state index in [4.69, 9.17) is 0 Å². The van der Waals surface area contributed by atoms with Crippen LogP contribution in [0, 0.1) is 6.92 Å². The van der Waals surface area contributed by atoms with Gasteiger partial charge in [0.1, 0.15) is 12.6 Å². The van der Waals surface area contributed by atoms with Gasteiger partial charge in [-0.25, -0.2) is 8.42 Å². The van der Waals surface area contributed by atoms with Crippen molar-refractivity contribution in [2.75, 3.05) is 17.9 Å². The van der Waals surface area contributed by atoms with E-state index in [2.05, 4.69) is 37.2 Å². The molecule has 0 heterocycles. The number of carbonyl (C=O) groups is 2. The van der Waals surface area contributed by atoms with Gasteiger partial charge in [-0.15, -0.1) is 0 Å². The van der Waals surface area contributed by atoms with E-state index in [0.29, 0.717) is 5.69 Å². The second kappa shape index (κ2) is 12.0. The van der Waals surface area contributed by atoms with Gasteiger partial charge in [-0.2, -0.15) is 0 Å². The summed E-state index contributed by atoms with van der Waals surface area (Å²) in [4.78, 5) is 27.6. The molecule has 2 amide bonds. The lowest BCUT2D eigenvalue weighted by Gasteiger charge is -2.31. The number of benzene rings is 3. The molecule has 0 saturated heterocycles. The first-order valence-corrected chi connectivity index (χ1v) is 14.2. The Bertz CT molecular complexity index is 1310. The van der Waals surface area contributed by atoms with Crippen molar-refractivity contribution in [1.29, 1.82) is 0 Å². The Labute approximate surface area is 228 Å². The number of rotatable bonds is 9. The molecule has 3 rings (SSSR count). The Morgan fingerprint density at radius 1 is 0.889 bits per heavy atom. The average molecular weight is 637 g/mol. The molecule has 1 N–H and O–H groups in total. The zero-order valence-corrected chi connectivity index (χ0v) is 24.1. The minimum Gasteiger partial charge on any atom is -0.357 e. The number of nitrogens with zero attached hydrogens (tertiary/aromatic N) is 2. The number of anilines is 1. The monoisotopic (exact) mass is 635 g/mol. The van der Waals surface area contributed by atoms with Gasteiger partial charge in [0.2, 0.25) is 11.8 Å². The highest BCUT2D eigenvalue weighted by Gasteiger charge is 2.32. The van der Waals surface area contributed by atoms with E-state index >= 15 is 0 Å². The van der Waals surface area contributed by atoms with Crippen LogP contribution in [0.1, 0.15) is 18.1 Å². The predicted molar refractivity (Wildman–Crippen MR) is 148 cm³/mol. The zero-order valence-electron chi connectivity index (χ0n) is 20.1. The second-order valence-corrected chi connectivity index (χ2v) is 11.9. The van der Waals surface area contributed by atoms with Gasteiger partial charge in [-0.1, -0.05) is 61.7 Å². The van der Waals surface area contributed by atoms with E-state index < -0.39 is 28.5 Å². The number of hydrogen-bond donors (Lipinski definition) is 1. The molecular weight excluding hydrogens is 610 g/mol. The summed E-state index contributed by atoms with van der Waals surface area (Å²) in [6.07, 6.45) is 0. The van der Waals surface area contributed by atoms with Crippen molar-refractivity contribution < 1.29 is 18.0 Å². The summed E-state index contributed by atoms with van der Waals surface area (Å²) in [5.74, 6) is -0.857. The van der Waals surface area contributed by atoms with Gasteiger partial charge in [0.25, 0.3) is 10.0 Å². The molecule has 0 aliphatic carbocycles. The Morgan fingerprint density at radius 2 is 1.42 bits per heavy atom. The van der Waals surface area contributed by atoms with Crippen LogP contribution in [0.25, 0.3) is 0 Å². The van der Waals surface area contributed by atoms with Crippen LogP contribution in [0.5, 0.6) is 0 Å². The van der Waals surface area contributed by atoms with Crippen LogP contribution >= 0.6 is 31.9 Å². The fourth-order valence-corrected chi connectivity index (χ4v) is 5.49.